The molecule has 0 radical (unpaired) electrons. The van der Waals surface area contributed by atoms with Crippen LogP contribution in [0.5, 0.6) is 0 Å². The first-order chi connectivity index (χ1) is 16.5. The molecule has 36 heavy (non-hydrogen) atoms. The molecular formula is C14H18N5O14P3. The molecule has 4 rings (SSSR count). The molecule has 4 heterocycles. The summed E-state index contributed by atoms with van der Waals surface area (Å²) in [7, 11) is -16.8. The van der Waals surface area contributed by atoms with Crippen molar-refractivity contribution in [1.82, 2.24) is 15.0 Å². The number of hydrazine groups is 1. The van der Waals surface area contributed by atoms with Crippen molar-refractivity contribution in [1.29, 1.82) is 0 Å². The molecule has 0 aliphatic carbocycles. The Labute approximate surface area is 199 Å². The number of hydrogen-bond donors (Lipinski definition) is 7. The predicted molar refractivity (Wildman–Crippen MR) is 115 cm³/mol. The van der Waals surface area contributed by atoms with Gasteiger partial charge in [0.05, 0.1) is 17.7 Å². The topological polar surface area (TPSA) is 281 Å². The minimum absolute atomic E-state index is 0.0300. The lowest BCUT2D eigenvalue weighted by atomic mass is 9.96. The predicted octanol–water partition coefficient (Wildman–Crippen LogP) is -1.29. The molecular weight excluding hydrogens is 555 g/mol. The molecule has 22 heteroatoms. The fourth-order valence-electron chi connectivity index (χ4n) is 3.52. The second-order valence-electron chi connectivity index (χ2n) is 7.66. The lowest BCUT2D eigenvalue weighted by Crippen LogP contribution is -2.54. The third-order valence-electron chi connectivity index (χ3n) is 4.96. The molecule has 0 amide bonds. The van der Waals surface area contributed by atoms with Gasteiger partial charge in [-0.05, 0) is 13.0 Å². The number of phosphoric ester groups is 1. The SMILES string of the molecule is C[C@@]1(O)[C@H](O)[C@@H](COP(=O)(O)OP(=O)(O)OP(=O)(O)O)O[C@H]1N1Nc2ccc(=O)nc3ncnc1c23. The molecule has 2 aromatic rings. The van der Waals surface area contributed by atoms with Crippen LogP contribution in [0, 0.1) is 0 Å². The van der Waals surface area contributed by atoms with Crippen LogP contribution in [0.4, 0.5) is 11.5 Å². The van der Waals surface area contributed by atoms with Crippen molar-refractivity contribution in [2.45, 2.75) is 31.0 Å². The summed E-state index contributed by atoms with van der Waals surface area (Å²) in [6.45, 7) is 0.164. The Morgan fingerprint density at radius 2 is 1.83 bits per heavy atom. The second kappa shape index (κ2) is 9.11. The van der Waals surface area contributed by atoms with Gasteiger partial charge < -0.3 is 34.5 Å². The van der Waals surface area contributed by atoms with Gasteiger partial charge in [-0.3, -0.25) is 14.7 Å². The Bertz CT molecular complexity index is 1400. The molecule has 2 unspecified atom stereocenters. The molecule has 0 saturated carbocycles. The molecule has 2 aliphatic heterocycles. The maximum atomic E-state index is 12.0. The molecule has 1 saturated heterocycles. The van der Waals surface area contributed by atoms with Crippen molar-refractivity contribution >= 4 is 46.0 Å². The van der Waals surface area contributed by atoms with Crippen LogP contribution < -0.4 is 16.0 Å². The van der Waals surface area contributed by atoms with Gasteiger partial charge >= 0.3 is 23.5 Å². The van der Waals surface area contributed by atoms with Crippen molar-refractivity contribution in [2.24, 2.45) is 0 Å². The van der Waals surface area contributed by atoms with Gasteiger partial charge in [0.2, 0.25) is 0 Å². The minimum Gasteiger partial charge on any atom is -0.387 e. The Balaban J connectivity index is 1.52. The van der Waals surface area contributed by atoms with E-state index in [1.54, 1.807) is 0 Å². The third kappa shape index (κ3) is 5.49. The van der Waals surface area contributed by atoms with E-state index in [0.29, 0.717) is 11.1 Å². The van der Waals surface area contributed by atoms with Gasteiger partial charge in [-0.15, -0.1) is 0 Å². The maximum Gasteiger partial charge on any atom is 0.490 e. The van der Waals surface area contributed by atoms with E-state index in [1.807, 2.05) is 0 Å². The lowest BCUT2D eigenvalue weighted by Gasteiger charge is -2.34. The van der Waals surface area contributed by atoms with Crippen LogP contribution in [0.3, 0.4) is 0 Å². The zero-order valence-electron chi connectivity index (χ0n) is 17.8. The highest BCUT2D eigenvalue weighted by atomic mass is 31.3. The van der Waals surface area contributed by atoms with Crippen LogP contribution in [0.15, 0.2) is 23.3 Å². The molecule has 0 bridgehead atoms. The fourth-order valence-corrected chi connectivity index (χ4v) is 6.55. The zero-order chi connectivity index (χ0) is 26.7. The number of rotatable bonds is 8. The fraction of sp³-hybridized carbons (Fsp3) is 0.429. The number of anilines is 2. The largest absolute Gasteiger partial charge is 0.490 e. The van der Waals surface area contributed by atoms with Gasteiger partial charge in [0, 0.05) is 6.07 Å². The van der Waals surface area contributed by atoms with Gasteiger partial charge in [-0.1, -0.05) is 0 Å². The molecule has 6 atom stereocenters. The molecule has 0 aromatic carbocycles. The van der Waals surface area contributed by atoms with E-state index in [1.165, 1.54) is 18.0 Å². The first-order valence-electron chi connectivity index (χ1n) is 9.55. The van der Waals surface area contributed by atoms with Crippen molar-refractivity contribution in [3.05, 3.63) is 28.8 Å². The van der Waals surface area contributed by atoms with Crippen molar-refractivity contribution in [2.75, 3.05) is 17.0 Å². The maximum absolute atomic E-state index is 12.0. The van der Waals surface area contributed by atoms with Crippen LogP contribution >= 0.6 is 23.5 Å². The van der Waals surface area contributed by atoms with Gasteiger partial charge in [0.1, 0.15) is 24.1 Å². The van der Waals surface area contributed by atoms with Crippen LogP contribution in [0.25, 0.3) is 11.0 Å². The van der Waals surface area contributed by atoms with E-state index in [4.69, 9.17) is 14.5 Å². The number of ether oxygens (including phenoxy) is 1. The highest BCUT2D eigenvalue weighted by Gasteiger charge is 2.56. The summed E-state index contributed by atoms with van der Waals surface area (Å²) in [6.07, 6.45) is -3.65. The third-order valence-corrected chi connectivity index (χ3v) is 8.76. The van der Waals surface area contributed by atoms with E-state index in [0.717, 1.165) is 12.4 Å². The summed E-state index contributed by atoms with van der Waals surface area (Å²) in [4.78, 5) is 59.6. The first-order valence-corrected chi connectivity index (χ1v) is 14.1. The van der Waals surface area contributed by atoms with Crippen LogP contribution in [-0.4, -0.2) is 75.4 Å². The summed E-state index contributed by atoms with van der Waals surface area (Å²) < 4.78 is 51.5. The minimum atomic E-state index is -5.75. The summed E-state index contributed by atoms with van der Waals surface area (Å²) in [5.41, 5.74) is 0.535. The number of aliphatic hydroxyl groups is 2. The Hall–Kier alpha value is -1.95. The second-order valence-corrected chi connectivity index (χ2v) is 12.1. The average Bonchev–Trinajstić information content (AvgIpc) is 3.11. The highest BCUT2D eigenvalue weighted by Crippen LogP contribution is 2.66. The van der Waals surface area contributed by atoms with E-state index in [9.17, 15) is 38.5 Å². The van der Waals surface area contributed by atoms with E-state index in [-0.39, 0.29) is 11.5 Å². The highest BCUT2D eigenvalue weighted by molar-refractivity contribution is 7.66. The van der Waals surface area contributed by atoms with Crippen molar-refractivity contribution in [3.63, 3.8) is 0 Å². The number of aliphatic hydroxyl groups excluding tert-OH is 1. The number of phosphoric acid groups is 3. The van der Waals surface area contributed by atoms with Crippen LogP contribution in [0.1, 0.15) is 6.92 Å². The van der Waals surface area contributed by atoms with Crippen molar-refractivity contribution in [3.8, 4) is 0 Å². The average molecular weight is 573 g/mol. The quantitative estimate of drug-likeness (QED) is 0.181. The number of nitrogens with zero attached hydrogens (tertiary/aromatic N) is 4. The summed E-state index contributed by atoms with van der Waals surface area (Å²) in [6, 6.07) is 2.54. The normalized spacial score (nSPS) is 29.1. The molecule has 2 aromatic heterocycles. The molecule has 1 fully saturated rings. The lowest BCUT2D eigenvalue weighted by molar-refractivity contribution is -0.0621. The van der Waals surface area contributed by atoms with Gasteiger partial charge in [0.15, 0.2) is 17.7 Å². The van der Waals surface area contributed by atoms with Crippen molar-refractivity contribution < 1.29 is 61.4 Å². The van der Waals surface area contributed by atoms with E-state index in [2.05, 4.69) is 33.5 Å². The summed E-state index contributed by atoms with van der Waals surface area (Å²) in [5.74, 6) is 0.115. The monoisotopic (exact) mass is 573 g/mol. The van der Waals surface area contributed by atoms with E-state index >= 15 is 0 Å². The molecule has 0 spiro atoms. The summed E-state index contributed by atoms with van der Waals surface area (Å²) in [5, 5.41) is 23.0. The van der Waals surface area contributed by atoms with Crippen LogP contribution in [-0.2, 0) is 31.6 Å². The standard InChI is InChI=1S/C14H18N5O14P3/c1-14(22)10(21)7(4-30-35(26,27)33-36(28,29)32-34(23,24)25)31-13(14)19-12-9-6(18-19)2-3-8(20)17-11(9)15-5-16-12/h2-3,5,7,10,13,18,21-22H,4H2,1H3,(H,26,27)(H,28,29)(H2,23,24,25)/t7-,10-,13-,14-/m1/s1. The number of aromatic nitrogens is 3. The first kappa shape index (κ1) is 27.1. The number of nitrogens with one attached hydrogen (secondary N) is 1. The van der Waals surface area contributed by atoms with Crippen LogP contribution in [0.2, 0.25) is 0 Å². The zero-order valence-corrected chi connectivity index (χ0v) is 20.4. The molecule has 198 valence electrons. The van der Waals surface area contributed by atoms with Gasteiger partial charge in [0.25, 0.3) is 5.56 Å². The van der Waals surface area contributed by atoms with Gasteiger partial charge in [-0.25, -0.2) is 28.7 Å². The smallest absolute Gasteiger partial charge is 0.387 e. The van der Waals surface area contributed by atoms with E-state index < -0.39 is 59.7 Å². The molecule has 19 nitrogen and oxygen atoms in total. The Morgan fingerprint density at radius 3 is 2.50 bits per heavy atom. The Morgan fingerprint density at radius 1 is 1.14 bits per heavy atom. The molecule has 2 aliphatic rings. The Kier molecular flexibility index (Phi) is 6.86. The molecule has 7 N–H and O–H groups in total. The van der Waals surface area contributed by atoms with Gasteiger partial charge in [-0.2, -0.15) is 13.6 Å². The number of hydrogen-bond acceptors (Lipinski definition) is 15. The summed E-state index contributed by atoms with van der Waals surface area (Å²) >= 11 is 0.